The summed E-state index contributed by atoms with van der Waals surface area (Å²) in [7, 11) is 1.98. The summed E-state index contributed by atoms with van der Waals surface area (Å²) >= 11 is 0. The summed E-state index contributed by atoms with van der Waals surface area (Å²) in [5, 5.41) is 3.34. The van der Waals surface area contributed by atoms with Gasteiger partial charge in [-0.15, -0.1) is 0 Å². The third kappa shape index (κ3) is 5.85. The minimum absolute atomic E-state index is 0.345. The number of nitrogens with zero attached hydrogens (tertiary/aromatic N) is 1. The SMILES string of the molecule is CCCCCCCCC(=O)N(C)C1CCNCC1. The standard InChI is InChI=1S/C15H30N2O/c1-3-4-5-6-7-8-9-15(18)17(2)14-10-12-16-13-11-14/h14,16H,3-13H2,1-2H3. The molecule has 0 aliphatic carbocycles. The number of amides is 1. The number of nitrogens with one attached hydrogen (secondary N) is 1. The number of carbonyl (C=O) groups excluding carboxylic acids is 1. The van der Waals surface area contributed by atoms with Crippen molar-refractivity contribution in [2.24, 2.45) is 0 Å². The van der Waals surface area contributed by atoms with Gasteiger partial charge >= 0.3 is 0 Å². The lowest BCUT2D eigenvalue weighted by molar-refractivity contribution is -0.132. The summed E-state index contributed by atoms with van der Waals surface area (Å²) < 4.78 is 0. The molecule has 1 amide bonds. The molecule has 1 rings (SSSR count). The van der Waals surface area contributed by atoms with Crippen LogP contribution in [0.4, 0.5) is 0 Å². The molecule has 3 heteroatoms. The molecule has 1 saturated heterocycles. The number of rotatable bonds is 8. The molecule has 1 aliphatic rings. The second-order valence-corrected chi connectivity index (χ2v) is 5.50. The van der Waals surface area contributed by atoms with Crippen molar-refractivity contribution in [1.29, 1.82) is 0 Å². The maximum atomic E-state index is 12.0. The van der Waals surface area contributed by atoms with Crippen LogP contribution in [0, 0.1) is 0 Å². The van der Waals surface area contributed by atoms with Gasteiger partial charge in [-0.1, -0.05) is 39.0 Å². The minimum Gasteiger partial charge on any atom is -0.343 e. The molecule has 0 unspecified atom stereocenters. The zero-order valence-electron chi connectivity index (χ0n) is 12.2. The number of piperidine rings is 1. The summed E-state index contributed by atoms with van der Waals surface area (Å²) in [4.78, 5) is 14.0. The van der Waals surface area contributed by atoms with Crippen molar-refractivity contribution in [1.82, 2.24) is 10.2 Å². The Bertz CT molecular complexity index is 225. The van der Waals surface area contributed by atoms with Gasteiger partial charge in [0.2, 0.25) is 5.91 Å². The van der Waals surface area contributed by atoms with Gasteiger partial charge in [0.1, 0.15) is 0 Å². The monoisotopic (exact) mass is 254 g/mol. The highest BCUT2D eigenvalue weighted by atomic mass is 16.2. The topological polar surface area (TPSA) is 32.3 Å². The van der Waals surface area contributed by atoms with E-state index in [1.165, 1.54) is 32.1 Å². The number of unbranched alkanes of at least 4 members (excludes halogenated alkanes) is 5. The second kappa shape index (κ2) is 9.37. The van der Waals surface area contributed by atoms with Crippen molar-refractivity contribution in [3.05, 3.63) is 0 Å². The second-order valence-electron chi connectivity index (χ2n) is 5.50. The van der Waals surface area contributed by atoms with Gasteiger partial charge in [-0.05, 0) is 32.4 Å². The summed E-state index contributed by atoms with van der Waals surface area (Å²) in [6.07, 6.45) is 10.5. The van der Waals surface area contributed by atoms with Gasteiger partial charge in [0.25, 0.3) is 0 Å². The lowest BCUT2D eigenvalue weighted by Gasteiger charge is -2.31. The highest BCUT2D eigenvalue weighted by Gasteiger charge is 2.21. The normalized spacial score (nSPS) is 16.8. The Morgan fingerprint density at radius 3 is 2.39 bits per heavy atom. The van der Waals surface area contributed by atoms with Crippen LogP contribution >= 0.6 is 0 Å². The van der Waals surface area contributed by atoms with E-state index in [4.69, 9.17) is 0 Å². The van der Waals surface area contributed by atoms with E-state index >= 15 is 0 Å². The maximum absolute atomic E-state index is 12.0. The van der Waals surface area contributed by atoms with Crippen LogP contribution in [0.1, 0.15) is 64.7 Å². The molecule has 0 aromatic heterocycles. The largest absolute Gasteiger partial charge is 0.343 e. The fourth-order valence-electron chi connectivity index (χ4n) is 2.63. The molecule has 106 valence electrons. The Balaban J connectivity index is 2.07. The first-order chi connectivity index (χ1) is 8.75. The van der Waals surface area contributed by atoms with E-state index in [1.54, 1.807) is 0 Å². The Hall–Kier alpha value is -0.570. The highest BCUT2D eigenvalue weighted by Crippen LogP contribution is 2.13. The van der Waals surface area contributed by atoms with Crippen LogP contribution in [-0.4, -0.2) is 37.0 Å². The summed E-state index contributed by atoms with van der Waals surface area (Å²) in [5.74, 6) is 0.345. The van der Waals surface area contributed by atoms with Crippen molar-refractivity contribution in [3.63, 3.8) is 0 Å². The van der Waals surface area contributed by atoms with Crippen molar-refractivity contribution in [2.75, 3.05) is 20.1 Å². The minimum atomic E-state index is 0.345. The van der Waals surface area contributed by atoms with E-state index in [1.807, 2.05) is 11.9 Å². The summed E-state index contributed by atoms with van der Waals surface area (Å²) in [6.45, 7) is 4.34. The van der Waals surface area contributed by atoms with E-state index in [2.05, 4.69) is 12.2 Å². The third-order valence-corrected chi connectivity index (χ3v) is 3.99. The summed E-state index contributed by atoms with van der Waals surface area (Å²) in [5.41, 5.74) is 0. The van der Waals surface area contributed by atoms with Crippen molar-refractivity contribution < 1.29 is 4.79 Å². The fourth-order valence-corrected chi connectivity index (χ4v) is 2.63. The molecule has 3 nitrogen and oxygen atoms in total. The molecule has 18 heavy (non-hydrogen) atoms. The molecular weight excluding hydrogens is 224 g/mol. The maximum Gasteiger partial charge on any atom is 0.222 e. The van der Waals surface area contributed by atoms with E-state index in [0.29, 0.717) is 11.9 Å². The smallest absolute Gasteiger partial charge is 0.222 e. The van der Waals surface area contributed by atoms with Crippen LogP contribution < -0.4 is 5.32 Å². The van der Waals surface area contributed by atoms with E-state index in [0.717, 1.165) is 38.8 Å². The predicted molar refractivity (Wildman–Crippen MR) is 76.7 cm³/mol. The van der Waals surface area contributed by atoms with Crippen LogP contribution in [0.3, 0.4) is 0 Å². The van der Waals surface area contributed by atoms with Crippen molar-refractivity contribution in [2.45, 2.75) is 70.8 Å². The van der Waals surface area contributed by atoms with Crippen LogP contribution in [0.2, 0.25) is 0 Å². The van der Waals surface area contributed by atoms with Gasteiger partial charge in [-0.2, -0.15) is 0 Å². The van der Waals surface area contributed by atoms with Gasteiger partial charge < -0.3 is 10.2 Å². The number of hydrogen-bond donors (Lipinski definition) is 1. The molecule has 1 fully saturated rings. The molecule has 0 spiro atoms. The molecule has 0 radical (unpaired) electrons. The first-order valence-electron chi connectivity index (χ1n) is 7.72. The molecule has 1 aliphatic heterocycles. The average Bonchev–Trinajstić information content (AvgIpc) is 2.42. The Morgan fingerprint density at radius 1 is 1.11 bits per heavy atom. The van der Waals surface area contributed by atoms with E-state index in [-0.39, 0.29) is 0 Å². The van der Waals surface area contributed by atoms with Crippen LogP contribution in [-0.2, 0) is 4.79 Å². The molecule has 0 saturated carbocycles. The molecule has 1 heterocycles. The zero-order valence-corrected chi connectivity index (χ0v) is 12.2. The quantitative estimate of drug-likeness (QED) is 0.675. The van der Waals surface area contributed by atoms with Crippen LogP contribution in [0.25, 0.3) is 0 Å². The Labute approximate surface area is 112 Å². The molecule has 1 N–H and O–H groups in total. The van der Waals surface area contributed by atoms with Gasteiger partial charge in [0, 0.05) is 19.5 Å². The predicted octanol–water partition coefficient (Wildman–Crippen LogP) is 2.95. The lowest BCUT2D eigenvalue weighted by atomic mass is 10.0. The zero-order chi connectivity index (χ0) is 13.2. The molecule has 0 bridgehead atoms. The first kappa shape index (κ1) is 15.5. The van der Waals surface area contributed by atoms with Crippen LogP contribution in [0.15, 0.2) is 0 Å². The number of carbonyl (C=O) groups is 1. The average molecular weight is 254 g/mol. The first-order valence-corrected chi connectivity index (χ1v) is 7.72. The molecule has 0 atom stereocenters. The van der Waals surface area contributed by atoms with Gasteiger partial charge in [0.05, 0.1) is 0 Å². The summed E-state index contributed by atoms with van der Waals surface area (Å²) in [6, 6.07) is 0.471. The van der Waals surface area contributed by atoms with E-state index in [9.17, 15) is 4.79 Å². The fraction of sp³-hybridized carbons (Fsp3) is 0.933. The number of hydrogen-bond acceptors (Lipinski definition) is 2. The van der Waals surface area contributed by atoms with E-state index < -0.39 is 0 Å². The Kier molecular flexibility index (Phi) is 8.06. The van der Waals surface area contributed by atoms with Crippen LogP contribution in [0.5, 0.6) is 0 Å². The third-order valence-electron chi connectivity index (χ3n) is 3.99. The Morgan fingerprint density at radius 2 is 1.72 bits per heavy atom. The van der Waals surface area contributed by atoms with Gasteiger partial charge in [-0.3, -0.25) is 4.79 Å². The van der Waals surface area contributed by atoms with Gasteiger partial charge in [-0.25, -0.2) is 0 Å². The molecular formula is C15H30N2O. The van der Waals surface area contributed by atoms with Crippen molar-refractivity contribution in [3.8, 4) is 0 Å². The van der Waals surface area contributed by atoms with Gasteiger partial charge in [0.15, 0.2) is 0 Å². The molecule has 0 aromatic rings. The lowest BCUT2D eigenvalue weighted by Crippen LogP contribution is -2.43. The highest BCUT2D eigenvalue weighted by molar-refractivity contribution is 5.76. The molecule has 0 aromatic carbocycles. The van der Waals surface area contributed by atoms with Crippen molar-refractivity contribution >= 4 is 5.91 Å².